The van der Waals surface area contributed by atoms with Crippen molar-refractivity contribution >= 4 is 22.2 Å². The molecule has 1 N–H and O–H groups in total. The highest BCUT2D eigenvalue weighted by molar-refractivity contribution is 7.10. The van der Waals surface area contributed by atoms with Gasteiger partial charge in [-0.25, -0.2) is 4.98 Å². The molecule has 4 heteroatoms. The molecule has 0 radical (unpaired) electrons. The summed E-state index contributed by atoms with van der Waals surface area (Å²) < 4.78 is 0. The number of thiophene rings is 1. The second-order valence-electron chi connectivity index (χ2n) is 4.87. The minimum atomic E-state index is 0.167. The van der Waals surface area contributed by atoms with Crippen LogP contribution in [0.1, 0.15) is 22.1 Å². The summed E-state index contributed by atoms with van der Waals surface area (Å²) in [5, 5.41) is 3.30. The Morgan fingerprint density at radius 1 is 1.05 bits per heavy atom. The van der Waals surface area contributed by atoms with E-state index in [0.29, 0.717) is 0 Å². The molecule has 3 nitrogen and oxygen atoms in total. The predicted molar refractivity (Wildman–Crippen MR) is 85.6 cm³/mol. The molecule has 0 saturated heterocycles. The van der Waals surface area contributed by atoms with E-state index in [0.717, 1.165) is 11.2 Å². The van der Waals surface area contributed by atoms with Gasteiger partial charge in [0.1, 0.15) is 0 Å². The maximum Gasteiger partial charge on any atom is 0.0922 e. The average Bonchev–Trinajstić information content (AvgIpc) is 3.22. The highest BCUT2D eigenvalue weighted by Crippen LogP contribution is 2.36. The molecule has 0 aliphatic heterocycles. The maximum atomic E-state index is 4.46. The maximum absolute atomic E-state index is 4.46. The molecule has 1 aromatic carbocycles. The Bertz CT molecular complexity index is 811. The Balaban J connectivity index is 1.98. The second-order valence-corrected chi connectivity index (χ2v) is 5.85. The van der Waals surface area contributed by atoms with Gasteiger partial charge in [0.05, 0.1) is 17.8 Å². The molecule has 3 aromatic heterocycles. The first-order valence-electron chi connectivity index (χ1n) is 6.79. The summed E-state index contributed by atoms with van der Waals surface area (Å²) in [7, 11) is 0. The Kier molecular flexibility index (Phi) is 3.01. The quantitative estimate of drug-likeness (QED) is 0.614. The first-order chi connectivity index (χ1) is 10.4. The van der Waals surface area contributed by atoms with E-state index >= 15 is 0 Å². The third kappa shape index (κ3) is 2.14. The van der Waals surface area contributed by atoms with Gasteiger partial charge in [-0.1, -0.05) is 24.3 Å². The zero-order valence-electron chi connectivity index (χ0n) is 11.2. The van der Waals surface area contributed by atoms with Crippen molar-refractivity contribution in [3.63, 3.8) is 0 Å². The second kappa shape index (κ2) is 5.14. The van der Waals surface area contributed by atoms with Crippen molar-refractivity contribution in [1.29, 1.82) is 0 Å². The monoisotopic (exact) mass is 291 g/mol. The molecule has 4 aromatic rings. The molecule has 4 rings (SSSR count). The van der Waals surface area contributed by atoms with E-state index in [4.69, 9.17) is 0 Å². The minimum absolute atomic E-state index is 0.167. The highest BCUT2D eigenvalue weighted by atomic mass is 32.1. The van der Waals surface area contributed by atoms with Gasteiger partial charge in [0.15, 0.2) is 0 Å². The lowest BCUT2D eigenvalue weighted by Crippen LogP contribution is -2.03. The fourth-order valence-electron chi connectivity index (χ4n) is 2.73. The average molecular weight is 291 g/mol. The number of aromatic amines is 1. The molecule has 0 spiro atoms. The molecular formula is C17H13N3S. The van der Waals surface area contributed by atoms with Crippen molar-refractivity contribution < 1.29 is 0 Å². The van der Waals surface area contributed by atoms with Crippen LogP contribution in [-0.4, -0.2) is 15.0 Å². The van der Waals surface area contributed by atoms with E-state index in [1.807, 2.05) is 18.5 Å². The first-order valence-corrected chi connectivity index (χ1v) is 7.67. The zero-order valence-corrected chi connectivity index (χ0v) is 12.0. The number of benzene rings is 1. The predicted octanol–water partition coefficient (Wildman–Crippen LogP) is 4.20. The van der Waals surface area contributed by atoms with Gasteiger partial charge in [-0.15, -0.1) is 11.3 Å². The summed E-state index contributed by atoms with van der Waals surface area (Å²) in [5.41, 5.74) is 3.39. The van der Waals surface area contributed by atoms with E-state index in [9.17, 15) is 0 Å². The highest BCUT2D eigenvalue weighted by Gasteiger charge is 2.21. The Hall–Kier alpha value is -2.46. The number of nitrogens with one attached hydrogen (secondary N) is 1. The number of rotatable bonds is 3. The van der Waals surface area contributed by atoms with Crippen molar-refractivity contribution in [2.45, 2.75) is 5.92 Å². The van der Waals surface area contributed by atoms with Gasteiger partial charge in [0.25, 0.3) is 0 Å². The Morgan fingerprint density at radius 3 is 2.86 bits per heavy atom. The molecule has 0 aliphatic carbocycles. The third-order valence-corrected chi connectivity index (χ3v) is 4.59. The normalized spacial score (nSPS) is 12.6. The molecule has 0 saturated carbocycles. The van der Waals surface area contributed by atoms with Crippen molar-refractivity contribution in [3.05, 3.63) is 82.7 Å². The molecule has 21 heavy (non-hydrogen) atoms. The number of nitrogens with zero attached hydrogens (tertiary/aromatic N) is 2. The van der Waals surface area contributed by atoms with Gasteiger partial charge in [-0.2, -0.15) is 0 Å². The minimum Gasteiger partial charge on any atom is -0.348 e. The molecule has 1 unspecified atom stereocenters. The number of hydrogen-bond acceptors (Lipinski definition) is 3. The summed E-state index contributed by atoms with van der Waals surface area (Å²) in [6.45, 7) is 0. The fraction of sp³-hybridized carbons (Fsp3) is 0.0588. The van der Waals surface area contributed by atoms with Crippen LogP contribution in [0.5, 0.6) is 0 Å². The summed E-state index contributed by atoms with van der Waals surface area (Å²) in [6.07, 6.45) is 5.47. The summed E-state index contributed by atoms with van der Waals surface area (Å²) in [6, 6.07) is 14.7. The number of hydrogen-bond donors (Lipinski definition) is 1. The van der Waals surface area contributed by atoms with Crippen LogP contribution in [0.3, 0.4) is 0 Å². The van der Waals surface area contributed by atoms with Crippen LogP contribution in [0.2, 0.25) is 0 Å². The molecular weight excluding hydrogens is 278 g/mol. The van der Waals surface area contributed by atoms with Gasteiger partial charge < -0.3 is 4.98 Å². The fourth-order valence-corrected chi connectivity index (χ4v) is 3.59. The van der Waals surface area contributed by atoms with Crippen molar-refractivity contribution in [1.82, 2.24) is 15.0 Å². The van der Waals surface area contributed by atoms with Gasteiger partial charge in [-0.3, -0.25) is 4.98 Å². The SMILES string of the molecule is c1csc(C(c2cnc[nH]2)c2cccc3ncccc23)c1. The van der Waals surface area contributed by atoms with Gasteiger partial charge >= 0.3 is 0 Å². The van der Waals surface area contributed by atoms with E-state index < -0.39 is 0 Å². The van der Waals surface area contributed by atoms with Crippen LogP contribution in [0.25, 0.3) is 10.9 Å². The van der Waals surface area contributed by atoms with Crippen molar-refractivity contribution in [2.75, 3.05) is 0 Å². The number of aromatic nitrogens is 3. The summed E-state index contributed by atoms with van der Waals surface area (Å²) in [5.74, 6) is 0.167. The Labute approximate surface area is 126 Å². The number of H-pyrrole nitrogens is 1. The molecule has 0 aliphatic rings. The van der Waals surface area contributed by atoms with Crippen LogP contribution < -0.4 is 0 Å². The first kappa shape index (κ1) is 12.3. The van der Waals surface area contributed by atoms with Gasteiger partial charge in [0, 0.05) is 28.4 Å². The van der Waals surface area contributed by atoms with Gasteiger partial charge in [0.2, 0.25) is 0 Å². The van der Waals surface area contributed by atoms with Crippen LogP contribution in [0, 0.1) is 0 Å². The summed E-state index contributed by atoms with van der Waals surface area (Å²) >= 11 is 1.76. The van der Waals surface area contributed by atoms with Crippen LogP contribution in [0.15, 0.2) is 66.6 Å². The molecule has 3 heterocycles. The van der Waals surface area contributed by atoms with Crippen LogP contribution >= 0.6 is 11.3 Å². The summed E-state index contributed by atoms with van der Waals surface area (Å²) in [4.78, 5) is 13.2. The van der Waals surface area contributed by atoms with Crippen molar-refractivity contribution in [3.8, 4) is 0 Å². The molecule has 102 valence electrons. The molecule has 1 atom stereocenters. The topological polar surface area (TPSA) is 41.6 Å². The number of imidazole rings is 1. The lowest BCUT2D eigenvalue weighted by atomic mass is 9.91. The lowest BCUT2D eigenvalue weighted by molar-refractivity contribution is 0.965. The number of pyridine rings is 1. The van der Waals surface area contributed by atoms with Gasteiger partial charge in [-0.05, 0) is 29.1 Å². The van der Waals surface area contributed by atoms with Crippen LogP contribution in [0.4, 0.5) is 0 Å². The standard InChI is InChI=1S/C17H13N3S/c1-4-13(12-5-2-8-19-14(12)6-1)17(15-10-18-11-20-15)16-7-3-9-21-16/h1-11,17H,(H,18,20). The smallest absolute Gasteiger partial charge is 0.0922 e. The van der Waals surface area contributed by atoms with E-state index in [1.54, 1.807) is 17.7 Å². The van der Waals surface area contributed by atoms with Crippen molar-refractivity contribution in [2.24, 2.45) is 0 Å². The van der Waals surface area contributed by atoms with Crippen LogP contribution in [-0.2, 0) is 0 Å². The number of fused-ring (bicyclic) bond motifs is 1. The molecule has 0 amide bonds. The molecule has 0 bridgehead atoms. The van der Waals surface area contributed by atoms with E-state index in [-0.39, 0.29) is 5.92 Å². The Morgan fingerprint density at radius 2 is 2.05 bits per heavy atom. The van der Waals surface area contributed by atoms with E-state index in [1.165, 1.54) is 15.8 Å². The van der Waals surface area contributed by atoms with E-state index in [2.05, 4.69) is 56.7 Å². The zero-order chi connectivity index (χ0) is 14.1. The molecule has 0 fully saturated rings. The lowest BCUT2D eigenvalue weighted by Gasteiger charge is -2.16. The third-order valence-electron chi connectivity index (χ3n) is 3.65. The largest absolute Gasteiger partial charge is 0.348 e.